The van der Waals surface area contributed by atoms with Crippen molar-refractivity contribution in [3.05, 3.63) is 35.4 Å². The van der Waals surface area contributed by atoms with Crippen LogP contribution in [0.1, 0.15) is 56.1 Å². The molecule has 2 heteroatoms. The number of aryl methyl sites for hydroxylation is 1. The highest BCUT2D eigenvalue weighted by Gasteiger charge is 2.31. The maximum atomic E-state index is 5.96. The van der Waals surface area contributed by atoms with Crippen LogP contribution >= 0.6 is 0 Å². The van der Waals surface area contributed by atoms with E-state index < -0.39 is 0 Å². The Balaban J connectivity index is 1.70. The Morgan fingerprint density at radius 1 is 0.900 bits per heavy atom. The molecular weight excluding hydrogens is 244 g/mol. The van der Waals surface area contributed by atoms with Gasteiger partial charge in [0.05, 0.1) is 0 Å². The highest BCUT2D eigenvalue weighted by molar-refractivity contribution is 5.30. The van der Waals surface area contributed by atoms with Crippen LogP contribution in [-0.2, 0) is 12.8 Å². The van der Waals surface area contributed by atoms with Crippen LogP contribution in [0.4, 0.5) is 0 Å². The van der Waals surface area contributed by atoms with Crippen LogP contribution < -0.4 is 11.3 Å². The van der Waals surface area contributed by atoms with Crippen molar-refractivity contribution < 1.29 is 0 Å². The normalized spacial score (nSPS) is 25.8. The van der Waals surface area contributed by atoms with E-state index >= 15 is 0 Å². The van der Waals surface area contributed by atoms with Gasteiger partial charge in [0.2, 0.25) is 0 Å². The average Bonchev–Trinajstić information content (AvgIpc) is 2.77. The lowest BCUT2D eigenvalue weighted by Crippen LogP contribution is -2.47. The van der Waals surface area contributed by atoms with Crippen LogP contribution in [0.5, 0.6) is 0 Å². The van der Waals surface area contributed by atoms with Gasteiger partial charge in [-0.1, -0.05) is 49.9 Å². The van der Waals surface area contributed by atoms with Crippen molar-refractivity contribution in [1.29, 1.82) is 0 Å². The molecule has 0 aromatic heterocycles. The zero-order valence-electron chi connectivity index (χ0n) is 12.5. The van der Waals surface area contributed by atoms with Gasteiger partial charge in [-0.2, -0.15) is 0 Å². The minimum Gasteiger partial charge on any atom is -0.271 e. The topological polar surface area (TPSA) is 38.0 Å². The van der Waals surface area contributed by atoms with Crippen LogP contribution in [0.15, 0.2) is 24.3 Å². The molecular formula is C18H28N2. The Bertz CT molecular complexity index is 421. The van der Waals surface area contributed by atoms with Crippen molar-refractivity contribution in [2.24, 2.45) is 17.7 Å². The van der Waals surface area contributed by atoms with Crippen molar-refractivity contribution in [2.45, 2.75) is 63.8 Å². The highest BCUT2D eigenvalue weighted by Crippen LogP contribution is 2.34. The van der Waals surface area contributed by atoms with E-state index in [-0.39, 0.29) is 0 Å². The molecule has 2 unspecified atom stereocenters. The molecule has 1 fully saturated rings. The maximum Gasteiger partial charge on any atom is 0.0270 e. The zero-order valence-corrected chi connectivity index (χ0v) is 12.5. The smallest absolute Gasteiger partial charge is 0.0270 e. The summed E-state index contributed by atoms with van der Waals surface area (Å²) in [5.74, 6) is 7.47. The molecule has 2 atom stereocenters. The molecule has 1 aromatic rings. The van der Waals surface area contributed by atoms with Gasteiger partial charge >= 0.3 is 0 Å². The fraction of sp³-hybridized carbons (Fsp3) is 0.667. The molecule has 20 heavy (non-hydrogen) atoms. The molecule has 0 bridgehead atoms. The third-order valence-electron chi connectivity index (χ3n) is 5.49. The monoisotopic (exact) mass is 272 g/mol. The number of benzene rings is 1. The highest BCUT2D eigenvalue weighted by atomic mass is 15.2. The Labute approximate surface area is 123 Å². The Morgan fingerprint density at radius 2 is 1.60 bits per heavy atom. The first-order valence-electron chi connectivity index (χ1n) is 8.41. The van der Waals surface area contributed by atoms with Crippen LogP contribution in [0.3, 0.4) is 0 Å². The Kier molecular flexibility index (Phi) is 4.74. The van der Waals surface area contributed by atoms with E-state index in [1.807, 2.05) is 0 Å². The first-order chi connectivity index (χ1) is 9.88. The molecule has 3 N–H and O–H groups in total. The summed E-state index contributed by atoms with van der Waals surface area (Å²) < 4.78 is 0. The predicted molar refractivity (Wildman–Crippen MR) is 84.3 cm³/mol. The van der Waals surface area contributed by atoms with Crippen molar-refractivity contribution in [3.8, 4) is 0 Å². The van der Waals surface area contributed by atoms with Gasteiger partial charge in [-0.15, -0.1) is 0 Å². The summed E-state index contributed by atoms with van der Waals surface area (Å²) in [4.78, 5) is 0. The van der Waals surface area contributed by atoms with E-state index in [0.29, 0.717) is 6.04 Å². The second kappa shape index (κ2) is 6.73. The first-order valence-corrected chi connectivity index (χ1v) is 8.41. The average molecular weight is 272 g/mol. The van der Waals surface area contributed by atoms with Gasteiger partial charge in [0.15, 0.2) is 0 Å². The standard InChI is InChI=1S/C18H28N2/c19-20-18(15-8-3-1-2-4-9-15)17-12-11-14-7-5-6-10-16(14)13-17/h5-7,10,15,17-18,20H,1-4,8-9,11-13,19H2. The number of nitrogens with two attached hydrogens (primary N) is 1. The lowest BCUT2D eigenvalue weighted by atomic mass is 9.74. The Morgan fingerprint density at radius 3 is 2.30 bits per heavy atom. The third kappa shape index (κ3) is 3.07. The lowest BCUT2D eigenvalue weighted by Gasteiger charge is -2.36. The summed E-state index contributed by atoms with van der Waals surface area (Å²) in [7, 11) is 0. The quantitative estimate of drug-likeness (QED) is 0.501. The SMILES string of the molecule is NNC(C1CCCCCC1)C1CCc2ccccc2C1. The van der Waals surface area contributed by atoms with E-state index in [0.717, 1.165) is 11.8 Å². The number of hydrogen-bond acceptors (Lipinski definition) is 2. The van der Waals surface area contributed by atoms with Gasteiger partial charge in [0, 0.05) is 6.04 Å². The van der Waals surface area contributed by atoms with Crippen LogP contribution in [0.2, 0.25) is 0 Å². The minimum absolute atomic E-state index is 0.515. The number of rotatable bonds is 3. The zero-order chi connectivity index (χ0) is 13.8. The molecule has 2 aliphatic rings. The summed E-state index contributed by atoms with van der Waals surface area (Å²) in [5, 5.41) is 0. The molecule has 1 aromatic carbocycles. The molecule has 3 rings (SSSR count). The molecule has 2 nitrogen and oxygen atoms in total. The third-order valence-corrected chi connectivity index (χ3v) is 5.49. The molecule has 1 saturated carbocycles. The fourth-order valence-corrected chi connectivity index (χ4v) is 4.36. The molecule has 0 spiro atoms. The summed E-state index contributed by atoms with van der Waals surface area (Å²) in [6.45, 7) is 0. The molecule has 110 valence electrons. The summed E-state index contributed by atoms with van der Waals surface area (Å²) >= 11 is 0. The number of nitrogens with one attached hydrogen (secondary N) is 1. The van der Waals surface area contributed by atoms with E-state index in [1.165, 1.54) is 57.8 Å². The van der Waals surface area contributed by atoms with E-state index in [4.69, 9.17) is 5.84 Å². The lowest BCUT2D eigenvalue weighted by molar-refractivity contribution is 0.220. The maximum absolute atomic E-state index is 5.96. The second-order valence-electron chi connectivity index (χ2n) is 6.72. The van der Waals surface area contributed by atoms with Crippen molar-refractivity contribution in [2.75, 3.05) is 0 Å². The molecule has 0 amide bonds. The van der Waals surface area contributed by atoms with E-state index in [9.17, 15) is 0 Å². The molecule has 0 saturated heterocycles. The van der Waals surface area contributed by atoms with Gasteiger partial charge in [-0.3, -0.25) is 11.3 Å². The van der Waals surface area contributed by atoms with E-state index in [2.05, 4.69) is 29.7 Å². The van der Waals surface area contributed by atoms with Crippen molar-refractivity contribution in [3.63, 3.8) is 0 Å². The molecule has 0 heterocycles. The van der Waals surface area contributed by atoms with E-state index in [1.54, 1.807) is 11.1 Å². The van der Waals surface area contributed by atoms with Crippen LogP contribution in [-0.4, -0.2) is 6.04 Å². The van der Waals surface area contributed by atoms with Crippen molar-refractivity contribution >= 4 is 0 Å². The number of fused-ring (bicyclic) bond motifs is 1. The first kappa shape index (κ1) is 14.1. The fourth-order valence-electron chi connectivity index (χ4n) is 4.36. The van der Waals surface area contributed by atoms with Gasteiger partial charge < -0.3 is 0 Å². The molecule has 0 radical (unpaired) electrons. The number of hydrazine groups is 1. The van der Waals surface area contributed by atoms with Gasteiger partial charge in [-0.25, -0.2) is 0 Å². The van der Waals surface area contributed by atoms with Crippen molar-refractivity contribution in [1.82, 2.24) is 5.43 Å². The summed E-state index contributed by atoms with van der Waals surface area (Å²) in [5.41, 5.74) is 6.31. The van der Waals surface area contributed by atoms with Gasteiger partial charge in [0.1, 0.15) is 0 Å². The predicted octanol–water partition coefficient (Wildman–Crippen LogP) is 3.59. The molecule has 0 aliphatic heterocycles. The molecule has 2 aliphatic carbocycles. The van der Waals surface area contributed by atoms with Crippen LogP contribution in [0.25, 0.3) is 0 Å². The van der Waals surface area contributed by atoms with Gasteiger partial charge in [0.25, 0.3) is 0 Å². The summed E-state index contributed by atoms with van der Waals surface area (Å²) in [6.07, 6.45) is 12.1. The second-order valence-corrected chi connectivity index (χ2v) is 6.72. The summed E-state index contributed by atoms with van der Waals surface area (Å²) in [6, 6.07) is 9.46. The van der Waals surface area contributed by atoms with Crippen LogP contribution in [0, 0.1) is 11.8 Å². The largest absolute Gasteiger partial charge is 0.271 e. The minimum atomic E-state index is 0.515. The number of hydrogen-bond donors (Lipinski definition) is 2. The van der Waals surface area contributed by atoms with Gasteiger partial charge in [-0.05, 0) is 55.1 Å². The Hall–Kier alpha value is -0.860.